The number of esters is 1. The van der Waals surface area contributed by atoms with Crippen LogP contribution in [0.5, 0.6) is 0 Å². The second kappa shape index (κ2) is 6.74. The molecule has 0 spiro atoms. The minimum atomic E-state index is -0.264. The van der Waals surface area contributed by atoms with Crippen LogP contribution in [0.2, 0.25) is 0 Å². The molecule has 2 nitrogen and oxygen atoms in total. The van der Waals surface area contributed by atoms with Gasteiger partial charge in [-0.25, -0.2) is 4.79 Å². The molecule has 106 valence electrons. The Balaban J connectivity index is 2.77. The Labute approximate surface area is 117 Å². The molecule has 1 aliphatic carbocycles. The van der Waals surface area contributed by atoms with Gasteiger partial charge >= 0.3 is 5.97 Å². The maximum Gasteiger partial charge on any atom is 0.330 e. The normalized spacial score (nSPS) is 23.3. The van der Waals surface area contributed by atoms with E-state index in [0.717, 1.165) is 5.57 Å². The highest BCUT2D eigenvalue weighted by atomic mass is 16.5. The number of allylic oxidation sites excluding steroid dienone is 5. The Morgan fingerprint density at radius 3 is 2.79 bits per heavy atom. The zero-order valence-electron chi connectivity index (χ0n) is 12.8. The Bertz CT molecular complexity index is 411. The average Bonchev–Trinajstić information content (AvgIpc) is 2.27. The van der Waals surface area contributed by atoms with Crippen LogP contribution in [-0.4, -0.2) is 12.6 Å². The number of hydrogen-bond donors (Lipinski definition) is 0. The van der Waals surface area contributed by atoms with Gasteiger partial charge in [-0.05, 0) is 44.6 Å². The molecule has 0 aliphatic heterocycles. The third kappa shape index (κ3) is 4.70. The lowest BCUT2D eigenvalue weighted by atomic mass is 9.68. The SMILES string of the molecule is CCOC(=O)/C=C(C)/C=C/[C@@H]1C(C)=CCCC1(C)C. The lowest BCUT2D eigenvalue weighted by molar-refractivity contribution is -0.137. The predicted molar refractivity (Wildman–Crippen MR) is 79.8 cm³/mol. The molecular weight excluding hydrogens is 236 g/mol. The first-order valence-corrected chi connectivity index (χ1v) is 7.06. The molecule has 2 heteroatoms. The summed E-state index contributed by atoms with van der Waals surface area (Å²) < 4.78 is 4.91. The molecule has 0 aromatic heterocycles. The van der Waals surface area contributed by atoms with Crippen molar-refractivity contribution in [2.45, 2.75) is 47.5 Å². The van der Waals surface area contributed by atoms with Gasteiger partial charge < -0.3 is 4.74 Å². The molecule has 1 atom stereocenters. The van der Waals surface area contributed by atoms with Crippen molar-refractivity contribution in [3.63, 3.8) is 0 Å². The van der Waals surface area contributed by atoms with E-state index in [9.17, 15) is 4.79 Å². The summed E-state index contributed by atoms with van der Waals surface area (Å²) in [6, 6.07) is 0. The van der Waals surface area contributed by atoms with Crippen molar-refractivity contribution in [3.8, 4) is 0 Å². The van der Waals surface area contributed by atoms with E-state index in [2.05, 4.69) is 32.9 Å². The molecule has 0 N–H and O–H groups in total. The van der Waals surface area contributed by atoms with E-state index in [0.29, 0.717) is 17.9 Å². The third-order valence-corrected chi connectivity index (χ3v) is 3.77. The number of rotatable bonds is 4. The molecule has 0 bridgehead atoms. The largest absolute Gasteiger partial charge is 0.463 e. The molecule has 0 amide bonds. The highest BCUT2D eigenvalue weighted by Crippen LogP contribution is 2.41. The van der Waals surface area contributed by atoms with Crippen molar-refractivity contribution in [2.24, 2.45) is 11.3 Å². The Morgan fingerprint density at radius 2 is 2.21 bits per heavy atom. The summed E-state index contributed by atoms with van der Waals surface area (Å²) in [5, 5.41) is 0. The molecule has 0 saturated carbocycles. The first-order valence-electron chi connectivity index (χ1n) is 7.06. The molecule has 19 heavy (non-hydrogen) atoms. The summed E-state index contributed by atoms with van der Waals surface area (Å²) in [5.74, 6) is 0.187. The summed E-state index contributed by atoms with van der Waals surface area (Å²) >= 11 is 0. The van der Waals surface area contributed by atoms with Crippen molar-refractivity contribution < 1.29 is 9.53 Å². The van der Waals surface area contributed by atoms with Crippen LogP contribution in [0, 0.1) is 11.3 Å². The average molecular weight is 262 g/mol. The summed E-state index contributed by atoms with van der Waals surface area (Å²) in [7, 11) is 0. The van der Waals surface area contributed by atoms with E-state index in [1.807, 2.05) is 19.9 Å². The van der Waals surface area contributed by atoms with Crippen molar-refractivity contribution in [3.05, 3.63) is 35.5 Å². The monoisotopic (exact) mass is 262 g/mol. The number of hydrogen-bond acceptors (Lipinski definition) is 2. The molecule has 0 fully saturated rings. The van der Waals surface area contributed by atoms with E-state index in [1.165, 1.54) is 18.4 Å². The van der Waals surface area contributed by atoms with Crippen LogP contribution < -0.4 is 0 Å². The van der Waals surface area contributed by atoms with Gasteiger partial charge in [-0.1, -0.05) is 37.6 Å². The van der Waals surface area contributed by atoms with Gasteiger partial charge in [-0.15, -0.1) is 0 Å². The Morgan fingerprint density at radius 1 is 1.53 bits per heavy atom. The molecule has 1 aliphatic rings. The molecule has 0 unspecified atom stereocenters. The molecule has 0 heterocycles. The highest BCUT2D eigenvalue weighted by molar-refractivity contribution is 5.83. The van der Waals surface area contributed by atoms with Crippen LogP contribution in [0.1, 0.15) is 47.5 Å². The topological polar surface area (TPSA) is 26.3 Å². The number of carbonyl (C=O) groups excluding carboxylic acids is 1. The van der Waals surface area contributed by atoms with Crippen LogP contribution in [0.3, 0.4) is 0 Å². The number of ether oxygens (including phenoxy) is 1. The van der Waals surface area contributed by atoms with E-state index in [-0.39, 0.29) is 5.97 Å². The quantitative estimate of drug-likeness (QED) is 0.324. The van der Waals surface area contributed by atoms with Gasteiger partial charge in [-0.2, -0.15) is 0 Å². The van der Waals surface area contributed by atoms with E-state index < -0.39 is 0 Å². The maximum atomic E-state index is 11.4. The van der Waals surface area contributed by atoms with Gasteiger partial charge in [0.2, 0.25) is 0 Å². The molecule has 0 aromatic rings. The van der Waals surface area contributed by atoms with Gasteiger partial charge in [0.25, 0.3) is 0 Å². The first-order chi connectivity index (χ1) is 8.86. The zero-order valence-corrected chi connectivity index (χ0v) is 12.8. The molecule has 0 saturated heterocycles. The zero-order chi connectivity index (χ0) is 14.5. The smallest absolute Gasteiger partial charge is 0.330 e. The molecule has 0 aromatic carbocycles. The molecular formula is C17H26O2. The predicted octanol–water partition coefficient (Wildman–Crippen LogP) is 4.43. The van der Waals surface area contributed by atoms with Crippen molar-refractivity contribution in [2.75, 3.05) is 6.61 Å². The fourth-order valence-corrected chi connectivity index (χ4v) is 2.65. The van der Waals surface area contributed by atoms with Crippen molar-refractivity contribution in [1.29, 1.82) is 0 Å². The minimum absolute atomic E-state index is 0.264. The van der Waals surface area contributed by atoms with Gasteiger partial charge in [0.15, 0.2) is 0 Å². The standard InChI is InChI=1S/C17H26O2/c1-6-19-16(18)12-13(2)9-10-15-14(3)8-7-11-17(15,4)5/h8-10,12,15H,6-7,11H2,1-5H3/b10-9+,13-12+/t15-/m1/s1. The lowest BCUT2D eigenvalue weighted by Crippen LogP contribution is -2.26. The van der Waals surface area contributed by atoms with Gasteiger partial charge in [0.1, 0.15) is 0 Å². The minimum Gasteiger partial charge on any atom is -0.463 e. The van der Waals surface area contributed by atoms with Crippen molar-refractivity contribution in [1.82, 2.24) is 0 Å². The highest BCUT2D eigenvalue weighted by Gasteiger charge is 2.30. The van der Waals surface area contributed by atoms with Gasteiger partial charge in [-0.3, -0.25) is 0 Å². The number of carbonyl (C=O) groups is 1. The van der Waals surface area contributed by atoms with Crippen LogP contribution >= 0.6 is 0 Å². The second-order valence-corrected chi connectivity index (χ2v) is 5.95. The summed E-state index contributed by atoms with van der Waals surface area (Å²) in [6.45, 7) is 11.0. The fourth-order valence-electron chi connectivity index (χ4n) is 2.65. The third-order valence-electron chi connectivity index (χ3n) is 3.77. The summed E-state index contributed by atoms with van der Waals surface area (Å²) in [6.07, 6.45) is 10.5. The van der Waals surface area contributed by atoms with E-state index in [1.54, 1.807) is 6.08 Å². The van der Waals surface area contributed by atoms with Crippen LogP contribution in [0.4, 0.5) is 0 Å². The molecule has 0 radical (unpaired) electrons. The van der Waals surface area contributed by atoms with Crippen molar-refractivity contribution >= 4 is 5.97 Å². The van der Waals surface area contributed by atoms with E-state index >= 15 is 0 Å². The first kappa shape index (κ1) is 15.7. The molecule has 1 rings (SSSR count). The lowest BCUT2D eigenvalue weighted by Gasteiger charge is -2.36. The maximum absolute atomic E-state index is 11.4. The summed E-state index contributed by atoms with van der Waals surface area (Å²) in [4.78, 5) is 11.4. The second-order valence-electron chi connectivity index (χ2n) is 5.95. The van der Waals surface area contributed by atoms with Crippen LogP contribution in [0.15, 0.2) is 35.5 Å². The van der Waals surface area contributed by atoms with E-state index in [4.69, 9.17) is 4.74 Å². The Kier molecular flexibility index (Phi) is 5.59. The van der Waals surface area contributed by atoms with Gasteiger partial charge in [0, 0.05) is 12.0 Å². The van der Waals surface area contributed by atoms with Crippen LogP contribution in [-0.2, 0) is 9.53 Å². The van der Waals surface area contributed by atoms with Gasteiger partial charge in [0.05, 0.1) is 6.61 Å². The fraction of sp³-hybridized carbons (Fsp3) is 0.588. The van der Waals surface area contributed by atoms with Crippen LogP contribution in [0.25, 0.3) is 0 Å². The summed E-state index contributed by atoms with van der Waals surface area (Å²) in [5.41, 5.74) is 2.66. The Hall–Kier alpha value is -1.31.